The molecular weight excluding hydrogens is 224 g/mol. The summed E-state index contributed by atoms with van der Waals surface area (Å²) < 4.78 is 0. The Bertz CT molecular complexity index is 428. The summed E-state index contributed by atoms with van der Waals surface area (Å²) in [4.78, 5) is 19.4. The minimum Gasteiger partial charge on any atom is -0.310 e. The number of rotatable bonds is 3. The summed E-state index contributed by atoms with van der Waals surface area (Å²) in [6, 6.07) is 1.65. The van der Waals surface area contributed by atoms with Crippen LogP contribution in [0.2, 0.25) is 0 Å². The maximum Gasteiger partial charge on any atom is 0.251 e. The number of nitrogens with one attached hydrogen (secondary N) is 1. The predicted octanol–water partition coefficient (Wildman–Crippen LogP) is 3.41. The zero-order valence-corrected chi connectivity index (χ0v) is 11.5. The molecule has 0 saturated heterocycles. The van der Waals surface area contributed by atoms with Crippen LogP contribution in [-0.4, -0.2) is 9.97 Å². The minimum absolute atomic E-state index is 0.0138. The van der Waals surface area contributed by atoms with E-state index in [0.717, 1.165) is 17.9 Å². The van der Waals surface area contributed by atoms with Gasteiger partial charge in [-0.15, -0.1) is 0 Å². The molecule has 1 aromatic heterocycles. The molecule has 2 rings (SSSR count). The molecule has 1 aliphatic rings. The van der Waals surface area contributed by atoms with Crippen molar-refractivity contribution in [2.45, 2.75) is 64.7 Å². The first-order chi connectivity index (χ1) is 8.65. The van der Waals surface area contributed by atoms with Crippen LogP contribution in [0.15, 0.2) is 10.9 Å². The smallest absolute Gasteiger partial charge is 0.251 e. The average molecular weight is 248 g/mol. The third-order valence-electron chi connectivity index (χ3n) is 3.67. The first-order valence-electron chi connectivity index (χ1n) is 7.25. The van der Waals surface area contributed by atoms with Gasteiger partial charge < -0.3 is 4.98 Å². The van der Waals surface area contributed by atoms with Gasteiger partial charge in [-0.05, 0) is 25.2 Å². The molecule has 0 aromatic carbocycles. The van der Waals surface area contributed by atoms with Gasteiger partial charge in [0, 0.05) is 17.7 Å². The predicted molar refractivity (Wildman–Crippen MR) is 73.8 cm³/mol. The van der Waals surface area contributed by atoms with E-state index in [-0.39, 0.29) is 5.56 Å². The molecule has 0 aliphatic heterocycles. The molecule has 0 bridgehead atoms. The topological polar surface area (TPSA) is 45.8 Å². The molecule has 1 heterocycles. The standard InChI is InChI=1S/C15H24N2O/c1-11(2)9-13-10-14(18)17-15(16-13)12-7-5-3-4-6-8-12/h10-12H,3-9H2,1-2H3,(H,16,17,18). The molecule has 1 aromatic rings. The molecule has 3 nitrogen and oxygen atoms in total. The second-order valence-corrected chi connectivity index (χ2v) is 5.91. The SMILES string of the molecule is CC(C)Cc1cc(=O)[nH]c(C2CCCCCC2)n1. The molecule has 0 spiro atoms. The average Bonchev–Trinajstić information content (AvgIpc) is 2.55. The van der Waals surface area contributed by atoms with Gasteiger partial charge in [0.15, 0.2) is 0 Å². The van der Waals surface area contributed by atoms with E-state index in [9.17, 15) is 4.79 Å². The summed E-state index contributed by atoms with van der Waals surface area (Å²) in [5.41, 5.74) is 0.966. The lowest BCUT2D eigenvalue weighted by Gasteiger charge is -2.14. The highest BCUT2D eigenvalue weighted by molar-refractivity contribution is 5.07. The van der Waals surface area contributed by atoms with Gasteiger partial charge in [0.2, 0.25) is 0 Å². The Balaban J connectivity index is 2.20. The Morgan fingerprint density at radius 1 is 1.28 bits per heavy atom. The highest BCUT2D eigenvalue weighted by Crippen LogP contribution is 2.29. The quantitative estimate of drug-likeness (QED) is 0.833. The van der Waals surface area contributed by atoms with Crippen LogP contribution >= 0.6 is 0 Å². The maximum atomic E-state index is 11.7. The molecule has 0 radical (unpaired) electrons. The fourth-order valence-electron chi connectivity index (χ4n) is 2.80. The first kappa shape index (κ1) is 13.3. The van der Waals surface area contributed by atoms with Crippen molar-refractivity contribution in [1.82, 2.24) is 9.97 Å². The second kappa shape index (κ2) is 6.17. The van der Waals surface area contributed by atoms with E-state index in [1.165, 1.54) is 38.5 Å². The van der Waals surface area contributed by atoms with Gasteiger partial charge in [0.25, 0.3) is 5.56 Å². The molecule has 3 heteroatoms. The summed E-state index contributed by atoms with van der Waals surface area (Å²) in [5.74, 6) is 1.94. The third-order valence-corrected chi connectivity index (χ3v) is 3.67. The molecule has 1 aliphatic carbocycles. The Morgan fingerprint density at radius 3 is 2.56 bits per heavy atom. The fourth-order valence-corrected chi connectivity index (χ4v) is 2.80. The van der Waals surface area contributed by atoms with E-state index in [1.807, 2.05) is 0 Å². The van der Waals surface area contributed by atoms with Gasteiger partial charge in [-0.25, -0.2) is 4.98 Å². The van der Waals surface area contributed by atoms with Gasteiger partial charge in [-0.3, -0.25) is 4.79 Å². The molecular formula is C15H24N2O. The van der Waals surface area contributed by atoms with Gasteiger partial charge >= 0.3 is 0 Å². The first-order valence-corrected chi connectivity index (χ1v) is 7.25. The molecule has 1 N–H and O–H groups in total. The summed E-state index contributed by atoms with van der Waals surface area (Å²) in [6.45, 7) is 4.32. The normalized spacial score (nSPS) is 17.9. The van der Waals surface area contributed by atoms with Crippen LogP contribution in [0.3, 0.4) is 0 Å². The third kappa shape index (κ3) is 3.69. The van der Waals surface area contributed by atoms with E-state index in [0.29, 0.717) is 11.8 Å². The summed E-state index contributed by atoms with van der Waals surface area (Å²) in [7, 11) is 0. The Morgan fingerprint density at radius 2 is 1.94 bits per heavy atom. The van der Waals surface area contributed by atoms with Crippen LogP contribution < -0.4 is 5.56 Å². The zero-order valence-electron chi connectivity index (χ0n) is 11.5. The largest absolute Gasteiger partial charge is 0.310 e. The second-order valence-electron chi connectivity index (χ2n) is 5.91. The molecule has 18 heavy (non-hydrogen) atoms. The summed E-state index contributed by atoms with van der Waals surface area (Å²) in [5, 5.41) is 0. The molecule has 0 amide bonds. The van der Waals surface area contributed by atoms with Crippen LogP contribution in [0.5, 0.6) is 0 Å². The van der Waals surface area contributed by atoms with E-state index in [2.05, 4.69) is 23.8 Å². The molecule has 1 saturated carbocycles. The van der Waals surface area contributed by atoms with Gasteiger partial charge in [-0.1, -0.05) is 39.5 Å². The van der Waals surface area contributed by atoms with Crippen LogP contribution in [0.4, 0.5) is 0 Å². The lowest BCUT2D eigenvalue weighted by atomic mass is 9.99. The maximum absolute atomic E-state index is 11.7. The van der Waals surface area contributed by atoms with Gasteiger partial charge in [-0.2, -0.15) is 0 Å². The fraction of sp³-hybridized carbons (Fsp3) is 0.733. The van der Waals surface area contributed by atoms with Crippen molar-refractivity contribution in [2.75, 3.05) is 0 Å². The van der Waals surface area contributed by atoms with Crippen molar-refractivity contribution in [1.29, 1.82) is 0 Å². The van der Waals surface area contributed by atoms with Crippen molar-refractivity contribution in [3.63, 3.8) is 0 Å². The van der Waals surface area contributed by atoms with E-state index < -0.39 is 0 Å². The number of aromatic nitrogens is 2. The number of aromatic amines is 1. The van der Waals surface area contributed by atoms with Gasteiger partial charge in [0.05, 0.1) is 0 Å². The Kier molecular flexibility index (Phi) is 4.56. The summed E-state index contributed by atoms with van der Waals surface area (Å²) in [6.07, 6.45) is 8.43. The summed E-state index contributed by atoms with van der Waals surface area (Å²) >= 11 is 0. The molecule has 0 atom stereocenters. The van der Waals surface area contributed by atoms with Crippen LogP contribution in [-0.2, 0) is 6.42 Å². The van der Waals surface area contributed by atoms with Crippen LogP contribution in [0.25, 0.3) is 0 Å². The van der Waals surface area contributed by atoms with Gasteiger partial charge in [0.1, 0.15) is 5.82 Å². The number of nitrogens with zero attached hydrogens (tertiary/aromatic N) is 1. The monoisotopic (exact) mass is 248 g/mol. The number of hydrogen-bond donors (Lipinski definition) is 1. The lowest BCUT2D eigenvalue weighted by Crippen LogP contribution is -2.16. The van der Waals surface area contributed by atoms with E-state index in [4.69, 9.17) is 0 Å². The molecule has 100 valence electrons. The number of H-pyrrole nitrogens is 1. The van der Waals surface area contributed by atoms with Crippen molar-refractivity contribution in [3.8, 4) is 0 Å². The van der Waals surface area contributed by atoms with Crippen molar-refractivity contribution in [3.05, 3.63) is 27.9 Å². The lowest BCUT2D eigenvalue weighted by molar-refractivity contribution is 0.549. The van der Waals surface area contributed by atoms with E-state index in [1.54, 1.807) is 6.07 Å². The Hall–Kier alpha value is -1.12. The molecule has 0 unspecified atom stereocenters. The highest BCUT2D eigenvalue weighted by atomic mass is 16.1. The highest BCUT2D eigenvalue weighted by Gasteiger charge is 2.17. The molecule has 1 fully saturated rings. The van der Waals surface area contributed by atoms with Crippen molar-refractivity contribution in [2.24, 2.45) is 5.92 Å². The van der Waals surface area contributed by atoms with E-state index >= 15 is 0 Å². The minimum atomic E-state index is 0.0138. The zero-order chi connectivity index (χ0) is 13.0. The van der Waals surface area contributed by atoms with Crippen molar-refractivity contribution >= 4 is 0 Å². The number of hydrogen-bond acceptors (Lipinski definition) is 2. The van der Waals surface area contributed by atoms with Crippen molar-refractivity contribution < 1.29 is 0 Å². The van der Waals surface area contributed by atoms with Crippen LogP contribution in [0, 0.1) is 5.92 Å². The Labute approximate surface area is 109 Å². The van der Waals surface area contributed by atoms with Crippen LogP contribution in [0.1, 0.15) is 69.8 Å².